The van der Waals surface area contributed by atoms with Crippen LogP contribution in [-0.2, 0) is 9.78 Å². The van der Waals surface area contributed by atoms with Crippen molar-refractivity contribution in [2.45, 2.75) is 12.2 Å². The van der Waals surface area contributed by atoms with Gasteiger partial charge < -0.3 is 19.7 Å². The van der Waals surface area contributed by atoms with Crippen LogP contribution in [0.4, 0.5) is 0 Å². The van der Waals surface area contributed by atoms with Crippen LogP contribution < -0.4 is 9.47 Å². The van der Waals surface area contributed by atoms with E-state index in [9.17, 15) is 10.2 Å². The highest BCUT2D eigenvalue weighted by atomic mass is 17.1. The molecule has 38 heavy (non-hydrogen) atoms. The van der Waals surface area contributed by atoms with E-state index in [-0.39, 0.29) is 0 Å². The molecule has 4 rings (SSSR count). The first-order valence-electron chi connectivity index (χ1n) is 11.8. The summed E-state index contributed by atoms with van der Waals surface area (Å²) in [6.45, 7) is 6.94. The molecule has 0 bridgehead atoms. The number of fused-ring (bicyclic) bond motifs is 1. The fraction of sp³-hybridized carbons (Fsp3) is 0.133. The molecule has 0 saturated heterocycles. The highest BCUT2D eigenvalue weighted by Crippen LogP contribution is 2.37. The van der Waals surface area contributed by atoms with E-state index in [0.717, 1.165) is 10.8 Å². The second kappa shape index (κ2) is 12.5. The van der Waals surface area contributed by atoms with E-state index in [1.807, 2.05) is 36.4 Å². The molecule has 196 valence electrons. The van der Waals surface area contributed by atoms with E-state index < -0.39 is 25.4 Å². The van der Waals surface area contributed by atoms with Gasteiger partial charge in [-0.3, -0.25) is 10.5 Å². The van der Waals surface area contributed by atoms with Crippen molar-refractivity contribution >= 4 is 21.9 Å². The molecule has 8 heteroatoms. The first-order chi connectivity index (χ1) is 18.5. The Hall–Kier alpha value is -4.02. The Morgan fingerprint density at radius 1 is 0.579 bits per heavy atom. The summed E-state index contributed by atoms with van der Waals surface area (Å²) in [5.41, 5.74) is 2.29. The molecule has 2 unspecified atom stereocenters. The molecule has 0 aliphatic rings. The number of hydrogen-bond donors (Lipinski definition) is 4. The number of ether oxygens (including phenoxy) is 2. The van der Waals surface area contributed by atoms with Crippen molar-refractivity contribution in [1.82, 2.24) is 0 Å². The third-order valence-corrected chi connectivity index (χ3v) is 6.11. The topological polar surface area (TPSA) is 118 Å². The Bertz CT molecular complexity index is 1280. The summed E-state index contributed by atoms with van der Waals surface area (Å²) in [6, 6.07) is 25.5. The van der Waals surface area contributed by atoms with E-state index in [2.05, 4.69) is 22.9 Å². The van der Waals surface area contributed by atoms with Crippen LogP contribution >= 0.6 is 0 Å². The zero-order valence-corrected chi connectivity index (χ0v) is 20.5. The molecule has 4 aromatic rings. The first-order valence-corrected chi connectivity index (χ1v) is 11.8. The normalized spacial score (nSPS) is 12.6. The summed E-state index contributed by atoms with van der Waals surface area (Å²) >= 11 is 0. The molecule has 0 aliphatic carbocycles. The van der Waals surface area contributed by atoms with Gasteiger partial charge in [0.25, 0.3) is 0 Å². The van der Waals surface area contributed by atoms with Crippen molar-refractivity contribution in [3.8, 4) is 23.0 Å². The van der Waals surface area contributed by atoms with Gasteiger partial charge in [0.2, 0.25) is 0 Å². The van der Waals surface area contributed by atoms with Crippen molar-refractivity contribution in [3.63, 3.8) is 0 Å². The van der Waals surface area contributed by atoms with Crippen molar-refractivity contribution in [1.29, 1.82) is 0 Å². The van der Waals surface area contributed by atoms with Crippen LogP contribution in [0.1, 0.15) is 11.1 Å². The molecule has 8 nitrogen and oxygen atoms in total. The van der Waals surface area contributed by atoms with Gasteiger partial charge in [-0.25, -0.2) is 9.78 Å². The lowest BCUT2D eigenvalue weighted by atomic mass is 10.0. The summed E-state index contributed by atoms with van der Waals surface area (Å²) in [7, 11) is 0. The lowest BCUT2D eigenvalue weighted by molar-refractivity contribution is -0.268. The van der Waals surface area contributed by atoms with Crippen LogP contribution in [0, 0.1) is 0 Å². The van der Waals surface area contributed by atoms with E-state index >= 15 is 0 Å². The molecule has 0 fully saturated rings. The molecule has 2 atom stereocenters. The van der Waals surface area contributed by atoms with Crippen LogP contribution in [-0.4, -0.2) is 46.1 Å². The minimum Gasteiger partial charge on any atom is -0.457 e. The standard InChI is InChI=1S/C30H28O8/c1-19(29(17-31)37-33)21-9-13-23(14-10-21)35-27-7-3-6-26-25(27)5-4-8-28(26)36-24-15-11-22(12-16-24)20(2)30(18-32)38-34/h3-16,29-34H,1-2,17-18H2. The lowest BCUT2D eigenvalue weighted by Gasteiger charge is -2.15. The Morgan fingerprint density at radius 3 is 1.26 bits per heavy atom. The molecule has 0 aliphatic heterocycles. The predicted octanol–water partition coefficient (Wildman–Crippen LogP) is 6.15. The minimum atomic E-state index is -0.903. The van der Waals surface area contributed by atoms with E-state index in [0.29, 0.717) is 45.3 Å². The smallest absolute Gasteiger partial charge is 0.141 e. The van der Waals surface area contributed by atoms with Crippen LogP contribution in [0.15, 0.2) is 98.1 Å². The maximum atomic E-state index is 9.29. The molecule has 0 spiro atoms. The summed E-state index contributed by atoms with van der Waals surface area (Å²) in [4.78, 5) is 8.52. The minimum absolute atomic E-state index is 0.393. The van der Waals surface area contributed by atoms with Gasteiger partial charge in [0, 0.05) is 10.8 Å². The molecular weight excluding hydrogens is 488 g/mol. The van der Waals surface area contributed by atoms with Crippen LogP contribution in [0.5, 0.6) is 23.0 Å². The zero-order chi connectivity index (χ0) is 27.1. The van der Waals surface area contributed by atoms with E-state index in [1.165, 1.54) is 0 Å². The van der Waals surface area contributed by atoms with Gasteiger partial charge in [0.1, 0.15) is 35.2 Å². The van der Waals surface area contributed by atoms with Crippen LogP contribution in [0.3, 0.4) is 0 Å². The zero-order valence-electron chi connectivity index (χ0n) is 20.5. The van der Waals surface area contributed by atoms with E-state index in [1.54, 1.807) is 48.5 Å². The SMILES string of the molecule is C=C(c1ccc(Oc2cccc3c(Oc4ccc(C(=C)C(CO)OO)cc4)cccc23)cc1)C(CO)OO. The Morgan fingerprint density at radius 2 is 0.947 bits per heavy atom. The number of aliphatic hydroxyl groups excluding tert-OH is 2. The summed E-state index contributed by atoms with van der Waals surface area (Å²) < 4.78 is 12.3. The molecule has 0 saturated carbocycles. The maximum absolute atomic E-state index is 9.29. The maximum Gasteiger partial charge on any atom is 0.141 e. The second-order valence-corrected chi connectivity index (χ2v) is 8.46. The lowest BCUT2D eigenvalue weighted by Crippen LogP contribution is -2.17. The molecule has 0 aromatic heterocycles. The largest absolute Gasteiger partial charge is 0.457 e. The highest BCUT2D eigenvalue weighted by Gasteiger charge is 2.16. The third kappa shape index (κ3) is 5.92. The van der Waals surface area contributed by atoms with E-state index in [4.69, 9.17) is 20.0 Å². The quantitative estimate of drug-likeness (QED) is 0.131. The van der Waals surface area contributed by atoms with Gasteiger partial charge in [-0.2, -0.15) is 0 Å². The third-order valence-electron chi connectivity index (χ3n) is 6.11. The summed E-state index contributed by atoms with van der Waals surface area (Å²) in [6.07, 6.45) is -1.81. The Balaban J connectivity index is 1.53. The molecule has 4 aromatic carbocycles. The van der Waals surface area contributed by atoms with Crippen molar-refractivity contribution in [2.75, 3.05) is 13.2 Å². The Kier molecular flexibility index (Phi) is 8.88. The average molecular weight is 517 g/mol. The van der Waals surface area contributed by atoms with Gasteiger partial charge in [-0.05, 0) is 58.7 Å². The molecule has 4 N–H and O–H groups in total. The van der Waals surface area contributed by atoms with Crippen LogP contribution in [0.2, 0.25) is 0 Å². The first kappa shape index (κ1) is 27.0. The van der Waals surface area contributed by atoms with Gasteiger partial charge in [0.05, 0.1) is 13.2 Å². The highest BCUT2D eigenvalue weighted by molar-refractivity contribution is 5.93. The van der Waals surface area contributed by atoms with Gasteiger partial charge in [0.15, 0.2) is 0 Å². The van der Waals surface area contributed by atoms with Crippen molar-refractivity contribution in [3.05, 3.63) is 109 Å². The molecule has 0 amide bonds. The summed E-state index contributed by atoms with van der Waals surface area (Å²) in [5, 5.41) is 38.1. The second-order valence-electron chi connectivity index (χ2n) is 8.46. The molecule has 0 radical (unpaired) electrons. The Labute approximate surface area is 219 Å². The van der Waals surface area contributed by atoms with Gasteiger partial charge >= 0.3 is 0 Å². The van der Waals surface area contributed by atoms with Crippen molar-refractivity contribution < 1.29 is 40.0 Å². The number of rotatable bonds is 12. The van der Waals surface area contributed by atoms with Crippen LogP contribution in [0.25, 0.3) is 21.9 Å². The van der Waals surface area contributed by atoms with Crippen molar-refractivity contribution in [2.24, 2.45) is 0 Å². The monoisotopic (exact) mass is 516 g/mol. The number of hydrogen-bond acceptors (Lipinski definition) is 8. The molecule has 0 heterocycles. The predicted molar refractivity (Wildman–Crippen MR) is 144 cm³/mol. The van der Waals surface area contributed by atoms with Gasteiger partial charge in [-0.1, -0.05) is 61.7 Å². The molecular formula is C30H28O8. The summed E-state index contributed by atoms with van der Waals surface area (Å²) in [5.74, 6) is 2.46. The average Bonchev–Trinajstić information content (AvgIpc) is 2.95. The number of benzene rings is 4. The fourth-order valence-electron chi connectivity index (χ4n) is 3.94. The van der Waals surface area contributed by atoms with Gasteiger partial charge in [-0.15, -0.1) is 0 Å². The fourth-order valence-corrected chi connectivity index (χ4v) is 3.94. The number of aliphatic hydroxyl groups is 2.